The largest absolute Gasteiger partial charge is 0.462 e. The maximum atomic E-state index is 13.1. The second kappa shape index (κ2) is 10.1. The quantitative estimate of drug-likeness (QED) is 0.318. The number of esters is 2. The molecule has 138 valence electrons. The normalized spacial score (nSPS) is 10.4. The first-order chi connectivity index (χ1) is 12.5. The zero-order valence-electron chi connectivity index (χ0n) is 14.5. The molecule has 0 aromatic heterocycles. The Morgan fingerprint density at radius 3 is 2.42 bits per heavy atom. The first-order valence-corrected chi connectivity index (χ1v) is 9.25. The highest BCUT2D eigenvalue weighted by molar-refractivity contribution is 9.10. The van der Waals surface area contributed by atoms with E-state index < -0.39 is 17.8 Å². The Hall–Kier alpha value is -2.21. The lowest BCUT2D eigenvalue weighted by atomic mass is 10.1. The number of rotatable bonds is 8. The predicted octanol–water partition coefficient (Wildman–Crippen LogP) is 5.54. The van der Waals surface area contributed by atoms with Crippen LogP contribution in [0.1, 0.15) is 53.3 Å². The van der Waals surface area contributed by atoms with Crippen molar-refractivity contribution in [3.63, 3.8) is 0 Å². The third kappa shape index (κ3) is 5.95. The third-order valence-corrected chi connectivity index (χ3v) is 4.28. The van der Waals surface area contributed by atoms with E-state index in [-0.39, 0.29) is 16.9 Å². The first-order valence-electron chi connectivity index (χ1n) is 8.45. The molecule has 0 N–H and O–H groups in total. The highest BCUT2D eigenvalue weighted by Gasteiger charge is 2.14. The molecule has 0 radical (unpaired) electrons. The zero-order valence-corrected chi connectivity index (χ0v) is 16.1. The van der Waals surface area contributed by atoms with Crippen molar-refractivity contribution >= 4 is 27.9 Å². The molecule has 2 rings (SSSR count). The van der Waals surface area contributed by atoms with Crippen molar-refractivity contribution in [3.05, 3.63) is 63.9 Å². The summed E-state index contributed by atoms with van der Waals surface area (Å²) in [7, 11) is 0. The van der Waals surface area contributed by atoms with Crippen LogP contribution >= 0.6 is 15.9 Å². The number of carbonyl (C=O) groups excluding carboxylic acids is 2. The maximum Gasteiger partial charge on any atom is 0.343 e. The highest BCUT2D eigenvalue weighted by Crippen LogP contribution is 2.26. The fraction of sp³-hybridized carbons (Fsp3) is 0.300. The second-order valence-corrected chi connectivity index (χ2v) is 6.60. The van der Waals surface area contributed by atoms with Crippen LogP contribution in [0.3, 0.4) is 0 Å². The molecule has 0 unspecified atom stereocenters. The van der Waals surface area contributed by atoms with Gasteiger partial charge in [-0.3, -0.25) is 0 Å². The van der Waals surface area contributed by atoms with Gasteiger partial charge in [-0.1, -0.05) is 32.3 Å². The van der Waals surface area contributed by atoms with Crippen LogP contribution in [0.25, 0.3) is 0 Å². The summed E-state index contributed by atoms with van der Waals surface area (Å²) in [5.74, 6) is -1.37. The van der Waals surface area contributed by atoms with E-state index in [1.165, 1.54) is 30.3 Å². The molecule has 0 aliphatic heterocycles. The number of ether oxygens (including phenoxy) is 2. The summed E-state index contributed by atoms with van der Waals surface area (Å²) in [4.78, 5) is 24.3. The standard InChI is InChI=1S/C20H20BrFO4/c1-2-3-4-5-11-25-19(23)14-7-6-8-15(12-14)20(24)26-18-10-9-16(22)13-17(18)21/h6-10,12-13H,2-5,11H2,1H3. The molecule has 0 aliphatic rings. The number of hydrogen-bond acceptors (Lipinski definition) is 4. The van der Waals surface area contributed by atoms with Gasteiger partial charge in [0.1, 0.15) is 11.6 Å². The lowest BCUT2D eigenvalue weighted by Gasteiger charge is -2.08. The van der Waals surface area contributed by atoms with Gasteiger partial charge in [0.2, 0.25) is 0 Å². The summed E-state index contributed by atoms with van der Waals surface area (Å²) >= 11 is 3.14. The van der Waals surface area contributed by atoms with Gasteiger partial charge in [0, 0.05) is 0 Å². The zero-order chi connectivity index (χ0) is 18.9. The predicted molar refractivity (Wildman–Crippen MR) is 99.9 cm³/mol. The van der Waals surface area contributed by atoms with E-state index in [0.29, 0.717) is 11.1 Å². The summed E-state index contributed by atoms with van der Waals surface area (Å²) in [6, 6.07) is 9.88. The molecule has 0 fully saturated rings. The van der Waals surface area contributed by atoms with Crippen molar-refractivity contribution in [2.24, 2.45) is 0 Å². The van der Waals surface area contributed by atoms with Gasteiger partial charge in [-0.25, -0.2) is 14.0 Å². The van der Waals surface area contributed by atoms with Crippen LogP contribution in [0.5, 0.6) is 5.75 Å². The fourth-order valence-electron chi connectivity index (χ4n) is 2.27. The van der Waals surface area contributed by atoms with Gasteiger partial charge in [-0.05, 0) is 58.7 Å². The maximum absolute atomic E-state index is 13.1. The van der Waals surface area contributed by atoms with Gasteiger partial charge in [0.25, 0.3) is 0 Å². The smallest absolute Gasteiger partial charge is 0.343 e. The number of hydrogen-bond donors (Lipinski definition) is 0. The molecule has 0 atom stereocenters. The monoisotopic (exact) mass is 422 g/mol. The van der Waals surface area contributed by atoms with Crippen molar-refractivity contribution in [3.8, 4) is 5.75 Å². The molecule has 0 bridgehead atoms. The van der Waals surface area contributed by atoms with Crippen LogP contribution in [0.15, 0.2) is 46.9 Å². The highest BCUT2D eigenvalue weighted by atomic mass is 79.9. The van der Waals surface area contributed by atoms with Crippen LogP contribution in [0.4, 0.5) is 4.39 Å². The Bertz CT molecular complexity index is 776. The fourth-order valence-corrected chi connectivity index (χ4v) is 2.70. The van der Waals surface area contributed by atoms with E-state index in [9.17, 15) is 14.0 Å². The van der Waals surface area contributed by atoms with Crippen molar-refractivity contribution < 1.29 is 23.5 Å². The number of benzene rings is 2. The Labute approximate surface area is 160 Å². The molecule has 26 heavy (non-hydrogen) atoms. The lowest BCUT2D eigenvalue weighted by Crippen LogP contribution is -2.11. The minimum Gasteiger partial charge on any atom is -0.462 e. The molecule has 0 aliphatic carbocycles. The molecule has 4 nitrogen and oxygen atoms in total. The average Bonchev–Trinajstić information content (AvgIpc) is 2.63. The molecule has 0 spiro atoms. The summed E-state index contributed by atoms with van der Waals surface area (Å²) in [6.45, 7) is 2.47. The first kappa shape index (κ1) is 20.1. The van der Waals surface area contributed by atoms with Gasteiger partial charge in [0.05, 0.1) is 22.2 Å². The van der Waals surface area contributed by atoms with Crippen molar-refractivity contribution in [1.82, 2.24) is 0 Å². The summed E-state index contributed by atoms with van der Waals surface area (Å²) in [5, 5.41) is 0. The molecule has 2 aromatic rings. The van der Waals surface area contributed by atoms with Gasteiger partial charge in [0.15, 0.2) is 0 Å². The SMILES string of the molecule is CCCCCCOC(=O)c1cccc(C(=O)Oc2ccc(F)cc2Br)c1. The average molecular weight is 423 g/mol. The Morgan fingerprint density at radius 1 is 1.00 bits per heavy atom. The van der Waals surface area contributed by atoms with Crippen LogP contribution in [0.2, 0.25) is 0 Å². The van der Waals surface area contributed by atoms with Gasteiger partial charge in [-0.15, -0.1) is 0 Å². The molecule has 0 saturated heterocycles. The van der Waals surface area contributed by atoms with Crippen molar-refractivity contribution in [2.45, 2.75) is 32.6 Å². The van der Waals surface area contributed by atoms with Crippen molar-refractivity contribution in [1.29, 1.82) is 0 Å². The van der Waals surface area contributed by atoms with E-state index in [1.807, 2.05) is 0 Å². The van der Waals surface area contributed by atoms with Gasteiger partial charge < -0.3 is 9.47 Å². The van der Waals surface area contributed by atoms with Crippen LogP contribution in [-0.2, 0) is 4.74 Å². The Kier molecular flexibility index (Phi) is 7.78. The molecule has 6 heteroatoms. The van der Waals surface area contributed by atoms with Gasteiger partial charge in [-0.2, -0.15) is 0 Å². The van der Waals surface area contributed by atoms with E-state index >= 15 is 0 Å². The molecule has 0 amide bonds. The van der Waals surface area contributed by atoms with Crippen LogP contribution in [-0.4, -0.2) is 18.5 Å². The minimum absolute atomic E-state index is 0.195. The van der Waals surface area contributed by atoms with E-state index in [0.717, 1.165) is 25.7 Å². The number of halogens is 2. The number of carbonyl (C=O) groups is 2. The molecular formula is C20H20BrFO4. The minimum atomic E-state index is -0.644. The lowest BCUT2D eigenvalue weighted by molar-refractivity contribution is 0.0498. The summed E-state index contributed by atoms with van der Waals surface area (Å²) in [5.41, 5.74) is 0.495. The number of unbranched alkanes of at least 4 members (excludes halogenated alkanes) is 3. The third-order valence-electron chi connectivity index (χ3n) is 3.66. The van der Waals surface area contributed by atoms with E-state index in [4.69, 9.17) is 9.47 Å². The summed E-state index contributed by atoms with van der Waals surface area (Å²) in [6.07, 6.45) is 4.06. The van der Waals surface area contributed by atoms with E-state index in [1.54, 1.807) is 12.1 Å². The van der Waals surface area contributed by atoms with Gasteiger partial charge >= 0.3 is 11.9 Å². The van der Waals surface area contributed by atoms with E-state index in [2.05, 4.69) is 22.9 Å². The Morgan fingerprint density at radius 2 is 1.73 bits per heavy atom. The summed E-state index contributed by atoms with van der Waals surface area (Å²) < 4.78 is 23.9. The van der Waals surface area contributed by atoms with Crippen LogP contribution < -0.4 is 4.74 Å². The topological polar surface area (TPSA) is 52.6 Å². The second-order valence-electron chi connectivity index (χ2n) is 5.74. The molecule has 0 heterocycles. The molecule has 2 aromatic carbocycles. The van der Waals surface area contributed by atoms with Crippen LogP contribution in [0, 0.1) is 5.82 Å². The Balaban J connectivity index is 1.99. The molecule has 0 saturated carbocycles. The molecular weight excluding hydrogens is 403 g/mol. The van der Waals surface area contributed by atoms with Crippen molar-refractivity contribution in [2.75, 3.05) is 6.61 Å².